The van der Waals surface area contributed by atoms with Crippen LogP contribution in [0.2, 0.25) is 0 Å². The molecule has 0 saturated heterocycles. The quantitative estimate of drug-likeness (QED) is 0.740. The van der Waals surface area contributed by atoms with Crippen molar-refractivity contribution < 1.29 is 18.3 Å². The van der Waals surface area contributed by atoms with E-state index in [9.17, 15) is 13.2 Å². The molecule has 0 aromatic carbocycles. The minimum atomic E-state index is -2.87. The van der Waals surface area contributed by atoms with Gasteiger partial charge < -0.3 is 10.8 Å². The van der Waals surface area contributed by atoms with E-state index in [1.54, 1.807) is 0 Å². The molecule has 0 spiro atoms. The molecule has 0 amide bonds. The van der Waals surface area contributed by atoms with Crippen LogP contribution in [-0.2, 0) is 6.61 Å². The number of rotatable bonds is 2. The first-order valence-corrected chi connectivity index (χ1v) is 3.40. The van der Waals surface area contributed by atoms with Crippen LogP contribution in [0, 0.1) is 5.82 Å². The lowest BCUT2D eigenvalue weighted by molar-refractivity contribution is 0.145. The second-order valence-electron chi connectivity index (χ2n) is 2.35. The summed E-state index contributed by atoms with van der Waals surface area (Å²) >= 11 is 0. The molecular formula is C7H7F3N2O. The molecule has 3 nitrogen and oxygen atoms in total. The number of nitrogen functional groups attached to an aromatic ring is 1. The van der Waals surface area contributed by atoms with Gasteiger partial charge in [0.25, 0.3) is 6.43 Å². The lowest BCUT2D eigenvalue weighted by atomic mass is 10.2. The normalized spacial score (nSPS) is 10.8. The molecule has 0 aliphatic heterocycles. The van der Waals surface area contributed by atoms with Crippen molar-refractivity contribution in [1.82, 2.24) is 4.98 Å². The van der Waals surface area contributed by atoms with E-state index in [1.165, 1.54) is 0 Å². The third-order valence-corrected chi connectivity index (χ3v) is 1.47. The van der Waals surface area contributed by atoms with Gasteiger partial charge in [-0.05, 0) is 0 Å². The van der Waals surface area contributed by atoms with Crippen LogP contribution in [0.25, 0.3) is 0 Å². The van der Waals surface area contributed by atoms with E-state index < -0.39 is 35.9 Å². The number of nitrogens with two attached hydrogens (primary N) is 1. The molecule has 0 fully saturated rings. The summed E-state index contributed by atoms with van der Waals surface area (Å²) in [5, 5.41) is 8.53. The molecule has 0 aliphatic rings. The molecule has 0 bridgehead atoms. The molecule has 3 N–H and O–H groups in total. The smallest absolute Gasteiger partial charge is 0.282 e. The number of hydrogen-bond donors (Lipinski definition) is 2. The molecule has 72 valence electrons. The molecule has 1 aromatic rings. The van der Waals surface area contributed by atoms with Gasteiger partial charge in [-0.25, -0.2) is 18.2 Å². The maximum absolute atomic E-state index is 12.7. The van der Waals surface area contributed by atoms with E-state index >= 15 is 0 Å². The lowest BCUT2D eigenvalue weighted by Crippen LogP contribution is -2.04. The van der Waals surface area contributed by atoms with E-state index in [0.29, 0.717) is 0 Å². The van der Waals surface area contributed by atoms with Gasteiger partial charge in [-0.2, -0.15) is 0 Å². The zero-order valence-corrected chi connectivity index (χ0v) is 6.47. The first kappa shape index (κ1) is 9.79. The highest BCUT2D eigenvalue weighted by Gasteiger charge is 2.16. The van der Waals surface area contributed by atoms with E-state index in [4.69, 9.17) is 10.8 Å². The fourth-order valence-corrected chi connectivity index (χ4v) is 0.843. The van der Waals surface area contributed by atoms with Crippen LogP contribution in [0.1, 0.15) is 17.8 Å². The van der Waals surface area contributed by atoms with Gasteiger partial charge in [-0.3, -0.25) is 0 Å². The van der Waals surface area contributed by atoms with Crippen molar-refractivity contribution in [3.8, 4) is 0 Å². The Bertz CT molecular complexity index is 317. The van der Waals surface area contributed by atoms with E-state index in [0.717, 1.165) is 6.07 Å². The van der Waals surface area contributed by atoms with Crippen molar-refractivity contribution in [3.63, 3.8) is 0 Å². The van der Waals surface area contributed by atoms with Crippen LogP contribution >= 0.6 is 0 Å². The summed E-state index contributed by atoms with van der Waals surface area (Å²) in [6.45, 7) is -0.730. The Morgan fingerprint density at radius 2 is 2.15 bits per heavy atom. The van der Waals surface area contributed by atoms with Gasteiger partial charge in [0.05, 0.1) is 12.3 Å². The predicted molar refractivity (Wildman–Crippen MR) is 39.5 cm³/mol. The third-order valence-electron chi connectivity index (χ3n) is 1.47. The number of halogens is 3. The Morgan fingerprint density at radius 1 is 1.54 bits per heavy atom. The number of aromatic nitrogens is 1. The largest absolute Gasteiger partial charge is 0.397 e. The highest BCUT2D eigenvalue weighted by atomic mass is 19.3. The monoisotopic (exact) mass is 192 g/mol. The average Bonchev–Trinajstić information content (AvgIpc) is 2.03. The van der Waals surface area contributed by atoms with Crippen LogP contribution in [0.15, 0.2) is 6.07 Å². The molecule has 0 atom stereocenters. The standard InChI is InChI=1S/C7H7F3N2O/c8-3-1-4(11)6(7(9)10)12-5(3)2-13/h1,7,13H,2,11H2. The summed E-state index contributed by atoms with van der Waals surface area (Å²) < 4.78 is 37.0. The van der Waals surface area contributed by atoms with Crippen LogP contribution in [0.5, 0.6) is 0 Å². The fraction of sp³-hybridized carbons (Fsp3) is 0.286. The Balaban J connectivity index is 3.22. The minimum absolute atomic E-state index is 0.412. The number of aliphatic hydroxyl groups is 1. The van der Waals surface area contributed by atoms with Gasteiger partial charge >= 0.3 is 0 Å². The van der Waals surface area contributed by atoms with Gasteiger partial charge in [0.1, 0.15) is 17.2 Å². The SMILES string of the molecule is Nc1cc(F)c(CO)nc1C(F)F. The number of nitrogens with zero attached hydrogens (tertiary/aromatic N) is 1. The van der Waals surface area contributed by atoms with Crippen molar-refractivity contribution in [2.24, 2.45) is 0 Å². The van der Waals surface area contributed by atoms with Crippen molar-refractivity contribution in [1.29, 1.82) is 0 Å². The number of alkyl halides is 2. The third kappa shape index (κ3) is 1.89. The molecule has 1 aromatic heterocycles. The van der Waals surface area contributed by atoms with E-state index in [1.807, 2.05) is 0 Å². The topological polar surface area (TPSA) is 59.1 Å². The van der Waals surface area contributed by atoms with Gasteiger partial charge in [0, 0.05) is 6.07 Å². The summed E-state index contributed by atoms with van der Waals surface area (Å²) in [6.07, 6.45) is -2.87. The van der Waals surface area contributed by atoms with Gasteiger partial charge in [-0.15, -0.1) is 0 Å². The summed E-state index contributed by atoms with van der Waals surface area (Å²) in [7, 11) is 0. The van der Waals surface area contributed by atoms with Crippen molar-refractivity contribution in [2.75, 3.05) is 5.73 Å². The Labute approximate surface area is 72.0 Å². The highest BCUT2D eigenvalue weighted by molar-refractivity contribution is 5.44. The summed E-state index contributed by atoms with van der Waals surface area (Å²) in [4.78, 5) is 3.19. The van der Waals surface area contributed by atoms with Gasteiger partial charge in [0.15, 0.2) is 0 Å². The molecule has 0 aliphatic carbocycles. The average molecular weight is 192 g/mol. The molecule has 6 heteroatoms. The van der Waals surface area contributed by atoms with Crippen molar-refractivity contribution in [2.45, 2.75) is 13.0 Å². The summed E-state index contributed by atoms with van der Waals surface area (Å²) in [5.74, 6) is -0.885. The molecule has 0 unspecified atom stereocenters. The lowest BCUT2D eigenvalue weighted by Gasteiger charge is -2.06. The highest BCUT2D eigenvalue weighted by Crippen LogP contribution is 2.24. The van der Waals surface area contributed by atoms with Crippen molar-refractivity contribution in [3.05, 3.63) is 23.3 Å². The molecule has 13 heavy (non-hydrogen) atoms. The number of aliphatic hydroxyl groups excluding tert-OH is 1. The van der Waals surface area contributed by atoms with Crippen LogP contribution in [0.3, 0.4) is 0 Å². The van der Waals surface area contributed by atoms with Gasteiger partial charge in [-0.1, -0.05) is 0 Å². The molecule has 0 radical (unpaired) electrons. The number of hydrogen-bond acceptors (Lipinski definition) is 3. The molecular weight excluding hydrogens is 185 g/mol. The predicted octanol–water partition coefficient (Wildman–Crippen LogP) is 1.23. The number of pyridine rings is 1. The Morgan fingerprint density at radius 3 is 2.62 bits per heavy atom. The Kier molecular flexibility index (Phi) is 2.72. The summed E-state index contributed by atoms with van der Waals surface area (Å²) in [6, 6.07) is 0.722. The first-order valence-electron chi connectivity index (χ1n) is 3.40. The maximum Gasteiger partial charge on any atom is 0.282 e. The van der Waals surface area contributed by atoms with E-state index in [2.05, 4.69) is 4.98 Å². The summed E-state index contributed by atoms with van der Waals surface area (Å²) in [5.41, 5.74) is 3.54. The second kappa shape index (κ2) is 3.61. The van der Waals surface area contributed by atoms with Crippen LogP contribution in [0.4, 0.5) is 18.9 Å². The fourth-order valence-electron chi connectivity index (χ4n) is 0.843. The number of anilines is 1. The van der Waals surface area contributed by atoms with E-state index in [-0.39, 0.29) is 0 Å². The first-order chi connectivity index (χ1) is 6.06. The molecule has 0 saturated carbocycles. The zero-order chi connectivity index (χ0) is 10.0. The minimum Gasteiger partial charge on any atom is -0.397 e. The van der Waals surface area contributed by atoms with Crippen molar-refractivity contribution >= 4 is 5.69 Å². The zero-order valence-electron chi connectivity index (χ0n) is 6.47. The molecule has 1 heterocycles. The van der Waals surface area contributed by atoms with Gasteiger partial charge in [0.2, 0.25) is 0 Å². The second-order valence-corrected chi connectivity index (χ2v) is 2.35. The van der Waals surface area contributed by atoms with Crippen LogP contribution < -0.4 is 5.73 Å². The Hall–Kier alpha value is -1.30. The maximum atomic E-state index is 12.7. The molecule has 1 rings (SSSR count). The van der Waals surface area contributed by atoms with Crippen LogP contribution in [-0.4, -0.2) is 10.1 Å².